The zero-order valence-electron chi connectivity index (χ0n) is 20.9. The van der Waals surface area contributed by atoms with Gasteiger partial charge in [0.25, 0.3) is 0 Å². The van der Waals surface area contributed by atoms with Gasteiger partial charge < -0.3 is 4.74 Å². The Morgan fingerprint density at radius 1 is 0.824 bits per heavy atom. The third-order valence-corrected chi connectivity index (χ3v) is 8.13. The van der Waals surface area contributed by atoms with Crippen molar-refractivity contribution in [3.05, 3.63) is 76.9 Å². The smallest absolute Gasteiger partial charge is 0.200 e. The molecule has 0 radical (unpaired) electrons. The highest BCUT2D eigenvalue weighted by atomic mass is 19.2. The Morgan fingerprint density at radius 2 is 1.50 bits per heavy atom. The molecule has 2 aliphatic rings. The summed E-state index contributed by atoms with van der Waals surface area (Å²) in [5, 5.41) is 0. The van der Waals surface area contributed by atoms with Crippen LogP contribution in [0.1, 0.15) is 99.7 Å². The van der Waals surface area contributed by atoms with E-state index < -0.39 is 11.6 Å². The Kier molecular flexibility index (Phi) is 8.80. The molecule has 184 valence electrons. The van der Waals surface area contributed by atoms with E-state index in [1.807, 2.05) is 0 Å². The van der Waals surface area contributed by atoms with Gasteiger partial charge in [0, 0.05) is 0 Å². The number of halogens is 2. The Bertz CT molecular complexity index is 933. The van der Waals surface area contributed by atoms with E-state index in [0.717, 1.165) is 43.9 Å². The van der Waals surface area contributed by atoms with Gasteiger partial charge in [-0.3, -0.25) is 0 Å². The van der Waals surface area contributed by atoms with E-state index in [1.54, 1.807) is 19.1 Å². The molecule has 0 atom stereocenters. The molecular weight excluding hydrogens is 426 g/mol. The molecule has 0 bridgehead atoms. The van der Waals surface area contributed by atoms with E-state index in [9.17, 15) is 8.78 Å². The SMILES string of the molecule is CCOc1ccc(C2CCC(CCC=CC3CCC(c4ccc(C)cc4)CC3)CC2)c(F)c1F. The first-order valence-electron chi connectivity index (χ1n) is 13.4. The van der Waals surface area contributed by atoms with E-state index in [4.69, 9.17) is 4.74 Å². The lowest BCUT2D eigenvalue weighted by molar-refractivity contribution is 0.297. The van der Waals surface area contributed by atoms with E-state index in [-0.39, 0.29) is 11.7 Å². The summed E-state index contributed by atoms with van der Waals surface area (Å²) in [4.78, 5) is 0. The van der Waals surface area contributed by atoms with Crippen LogP contribution < -0.4 is 4.74 Å². The van der Waals surface area contributed by atoms with Gasteiger partial charge in [-0.1, -0.05) is 48.0 Å². The van der Waals surface area contributed by atoms with Crippen LogP contribution in [0.15, 0.2) is 48.6 Å². The molecular formula is C31H40F2O. The molecule has 0 N–H and O–H groups in total. The minimum Gasteiger partial charge on any atom is -0.491 e. The first-order valence-corrected chi connectivity index (χ1v) is 13.4. The van der Waals surface area contributed by atoms with Gasteiger partial charge in [0.15, 0.2) is 11.6 Å². The van der Waals surface area contributed by atoms with Gasteiger partial charge in [0.2, 0.25) is 5.82 Å². The first-order chi connectivity index (χ1) is 16.5. The molecule has 3 heteroatoms. The second-order valence-electron chi connectivity index (χ2n) is 10.5. The molecule has 0 aromatic heterocycles. The fourth-order valence-corrected chi connectivity index (χ4v) is 6.00. The number of rotatable bonds is 8. The van der Waals surface area contributed by atoms with E-state index in [1.165, 1.54) is 43.2 Å². The Hall–Kier alpha value is -2.16. The van der Waals surface area contributed by atoms with Gasteiger partial charge >= 0.3 is 0 Å². The molecule has 0 saturated heterocycles. The molecule has 2 aromatic carbocycles. The van der Waals surface area contributed by atoms with Crippen molar-refractivity contribution < 1.29 is 13.5 Å². The van der Waals surface area contributed by atoms with Crippen LogP contribution in [-0.2, 0) is 0 Å². The molecule has 0 unspecified atom stereocenters. The van der Waals surface area contributed by atoms with Crippen molar-refractivity contribution >= 4 is 0 Å². The molecule has 0 spiro atoms. The molecule has 0 aliphatic heterocycles. The topological polar surface area (TPSA) is 9.23 Å². The number of hydrogen-bond donors (Lipinski definition) is 0. The van der Waals surface area contributed by atoms with Crippen molar-refractivity contribution in [2.75, 3.05) is 6.61 Å². The summed E-state index contributed by atoms with van der Waals surface area (Å²) in [6, 6.07) is 12.4. The number of benzene rings is 2. The maximum Gasteiger partial charge on any atom is 0.200 e. The number of allylic oxidation sites excluding steroid dienone is 2. The standard InChI is InChI=1S/C31H40F2O/c1-3-34-29-21-20-28(30(32)31(29)33)27-18-12-24(13-19-27)7-5-4-6-23-10-16-26(17-11-23)25-14-8-22(2)9-15-25/h4,6,8-9,14-15,20-21,23-24,26-27H,3,5,7,10-13,16-19H2,1-2H3. The molecule has 2 aromatic rings. The molecule has 1 nitrogen and oxygen atoms in total. The average Bonchev–Trinajstić information content (AvgIpc) is 2.86. The van der Waals surface area contributed by atoms with E-state index in [0.29, 0.717) is 18.1 Å². The van der Waals surface area contributed by atoms with E-state index in [2.05, 4.69) is 43.3 Å². The first kappa shape index (κ1) is 24.9. The van der Waals surface area contributed by atoms with Crippen molar-refractivity contribution in [2.24, 2.45) is 11.8 Å². The lowest BCUT2D eigenvalue weighted by Gasteiger charge is -2.29. The number of ether oxygens (including phenoxy) is 1. The Labute approximate surface area is 204 Å². The zero-order valence-corrected chi connectivity index (χ0v) is 20.9. The summed E-state index contributed by atoms with van der Waals surface area (Å²) in [6.45, 7) is 4.27. The van der Waals surface area contributed by atoms with Crippen LogP contribution in [0.3, 0.4) is 0 Å². The number of hydrogen-bond acceptors (Lipinski definition) is 1. The number of aryl methyl sites for hydroxylation is 1. The van der Waals surface area contributed by atoms with Crippen LogP contribution in [0.2, 0.25) is 0 Å². The molecule has 2 fully saturated rings. The predicted octanol–water partition coefficient (Wildman–Crippen LogP) is 9.26. The van der Waals surface area contributed by atoms with Crippen LogP contribution >= 0.6 is 0 Å². The highest BCUT2D eigenvalue weighted by molar-refractivity contribution is 5.33. The molecule has 0 heterocycles. The minimum absolute atomic E-state index is 0.0212. The van der Waals surface area contributed by atoms with Gasteiger partial charge in [0.05, 0.1) is 6.61 Å². The van der Waals surface area contributed by atoms with Crippen LogP contribution in [0.5, 0.6) is 5.75 Å². The van der Waals surface area contributed by atoms with Crippen molar-refractivity contribution in [2.45, 2.75) is 89.9 Å². The molecule has 34 heavy (non-hydrogen) atoms. The molecule has 2 saturated carbocycles. The molecule has 0 amide bonds. The molecule has 2 aliphatic carbocycles. The van der Waals surface area contributed by atoms with Gasteiger partial charge in [-0.2, -0.15) is 4.39 Å². The zero-order chi connectivity index (χ0) is 23.9. The summed E-state index contributed by atoms with van der Waals surface area (Å²) in [6.07, 6.45) is 16.5. The van der Waals surface area contributed by atoms with Crippen molar-refractivity contribution in [1.29, 1.82) is 0 Å². The van der Waals surface area contributed by atoms with E-state index >= 15 is 0 Å². The van der Waals surface area contributed by atoms with Crippen molar-refractivity contribution in [1.82, 2.24) is 0 Å². The van der Waals surface area contributed by atoms with Gasteiger partial charge in [0.1, 0.15) is 0 Å². The minimum atomic E-state index is -0.834. The average molecular weight is 467 g/mol. The quantitative estimate of drug-likeness (QED) is 0.352. The summed E-state index contributed by atoms with van der Waals surface area (Å²) >= 11 is 0. The maximum absolute atomic E-state index is 14.6. The van der Waals surface area contributed by atoms with Gasteiger partial charge in [-0.05, 0) is 119 Å². The highest BCUT2D eigenvalue weighted by Gasteiger charge is 2.26. The lowest BCUT2D eigenvalue weighted by atomic mass is 9.76. The largest absolute Gasteiger partial charge is 0.491 e. The fourth-order valence-electron chi connectivity index (χ4n) is 6.00. The summed E-state index contributed by atoms with van der Waals surface area (Å²) in [5.74, 6) is 0.764. The summed E-state index contributed by atoms with van der Waals surface area (Å²) in [5.41, 5.74) is 3.38. The third kappa shape index (κ3) is 6.29. The van der Waals surface area contributed by atoms with Gasteiger partial charge in [-0.15, -0.1) is 0 Å². The lowest BCUT2D eigenvalue weighted by Crippen LogP contribution is -2.15. The second-order valence-corrected chi connectivity index (χ2v) is 10.5. The van der Waals surface area contributed by atoms with Crippen LogP contribution in [-0.4, -0.2) is 6.61 Å². The summed E-state index contributed by atoms with van der Waals surface area (Å²) in [7, 11) is 0. The Morgan fingerprint density at radius 3 is 2.18 bits per heavy atom. The van der Waals surface area contributed by atoms with Crippen LogP contribution in [0.4, 0.5) is 8.78 Å². The normalized spacial score (nSPS) is 25.5. The summed E-state index contributed by atoms with van der Waals surface area (Å²) < 4.78 is 34.0. The predicted molar refractivity (Wildman–Crippen MR) is 136 cm³/mol. The van der Waals surface area contributed by atoms with Gasteiger partial charge in [-0.25, -0.2) is 4.39 Å². The fraction of sp³-hybridized carbons (Fsp3) is 0.548. The second kappa shape index (κ2) is 12.0. The van der Waals surface area contributed by atoms with Crippen molar-refractivity contribution in [3.63, 3.8) is 0 Å². The van der Waals surface area contributed by atoms with Crippen molar-refractivity contribution in [3.8, 4) is 5.75 Å². The van der Waals surface area contributed by atoms with Crippen LogP contribution in [0.25, 0.3) is 0 Å². The highest BCUT2D eigenvalue weighted by Crippen LogP contribution is 2.40. The maximum atomic E-state index is 14.6. The van der Waals surface area contributed by atoms with Crippen LogP contribution in [0, 0.1) is 30.4 Å². The monoisotopic (exact) mass is 466 g/mol. The Balaban J connectivity index is 1.17. The third-order valence-electron chi connectivity index (χ3n) is 8.13. The molecule has 4 rings (SSSR count).